The van der Waals surface area contributed by atoms with E-state index >= 15 is 0 Å². The highest BCUT2D eigenvalue weighted by molar-refractivity contribution is 5.87. The highest BCUT2D eigenvalue weighted by atomic mass is 16.5. The number of morpholine rings is 1. The molecule has 0 amide bonds. The minimum atomic E-state index is 0.230. The monoisotopic (exact) mass is 407 g/mol. The standard InChI is InChI=1S/C20H25N9O/c21-20-24-11-15(12-25-20)18-26-16-9-14(13-28-3-1-22-2-4-28)10-23-17(16)19(27-18)29-5-7-30-8-6-29/h9-12,22H,1-8,13H2,(H2,21,24,25). The van der Waals surface area contributed by atoms with Crippen molar-refractivity contribution in [1.82, 2.24) is 35.1 Å². The summed E-state index contributed by atoms with van der Waals surface area (Å²) in [6.07, 6.45) is 5.26. The first-order valence-corrected chi connectivity index (χ1v) is 10.3. The highest BCUT2D eigenvalue weighted by Gasteiger charge is 2.20. The Morgan fingerprint density at radius 3 is 2.50 bits per heavy atom. The van der Waals surface area contributed by atoms with Crippen molar-refractivity contribution in [2.45, 2.75) is 6.54 Å². The van der Waals surface area contributed by atoms with Crippen LogP contribution in [-0.4, -0.2) is 82.3 Å². The molecule has 0 saturated carbocycles. The predicted molar refractivity (Wildman–Crippen MR) is 114 cm³/mol. The summed E-state index contributed by atoms with van der Waals surface area (Å²) in [7, 11) is 0. The lowest BCUT2D eigenvalue weighted by atomic mass is 10.2. The molecule has 10 nitrogen and oxygen atoms in total. The number of nitrogens with zero attached hydrogens (tertiary/aromatic N) is 7. The summed E-state index contributed by atoms with van der Waals surface area (Å²) in [4.78, 5) is 27.2. The lowest BCUT2D eigenvalue weighted by Crippen LogP contribution is -2.42. The molecule has 2 aliphatic rings. The molecule has 2 fully saturated rings. The molecule has 0 aromatic carbocycles. The van der Waals surface area contributed by atoms with E-state index in [9.17, 15) is 0 Å². The number of pyridine rings is 1. The molecule has 5 heterocycles. The van der Waals surface area contributed by atoms with Crippen molar-refractivity contribution in [3.05, 3.63) is 30.2 Å². The van der Waals surface area contributed by atoms with E-state index in [1.54, 1.807) is 12.4 Å². The van der Waals surface area contributed by atoms with E-state index in [0.29, 0.717) is 19.0 Å². The van der Waals surface area contributed by atoms with Gasteiger partial charge in [0.15, 0.2) is 11.6 Å². The molecule has 10 heteroatoms. The van der Waals surface area contributed by atoms with Gasteiger partial charge < -0.3 is 20.7 Å². The molecule has 2 saturated heterocycles. The molecule has 3 aromatic rings. The Morgan fingerprint density at radius 2 is 1.73 bits per heavy atom. The molecule has 2 aliphatic heterocycles. The van der Waals surface area contributed by atoms with Crippen LogP contribution in [0.5, 0.6) is 0 Å². The Hall–Kier alpha value is -2.95. The fourth-order valence-electron chi connectivity index (χ4n) is 3.84. The molecule has 0 bridgehead atoms. The smallest absolute Gasteiger partial charge is 0.219 e. The lowest BCUT2D eigenvalue weighted by Gasteiger charge is -2.29. The normalized spacial score (nSPS) is 18.1. The van der Waals surface area contributed by atoms with Crippen LogP contribution in [0.2, 0.25) is 0 Å². The van der Waals surface area contributed by atoms with Crippen LogP contribution < -0.4 is 16.0 Å². The maximum absolute atomic E-state index is 5.65. The zero-order valence-corrected chi connectivity index (χ0v) is 16.8. The predicted octanol–water partition coefficient (Wildman–Crippen LogP) is 0.306. The summed E-state index contributed by atoms with van der Waals surface area (Å²) in [5.74, 6) is 1.63. The zero-order valence-electron chi connectivity index (χ0n) is 16.8. The minimum Gasteiger partial charge on any atom is -0.378 e. The molecule has 156 valence electrons. The van der Waals surface area contributed by atoms with Gasteiger partial charge in [-0.25, -0.2) is 19.9 Å². The van der Waals surface area contributed by atoms with Gasteiger partial charge in [0.05, 0.1) is 24.3 Å². The Kier molecular flexibility index (Phi) is 5.35. The summed E-state index contributed by atoms with van der Waals surface area (Å²) >= 11 is 0. The number of hydrogen-bond donors (Lipinski definition) is 2. The first-order chi connectivity index (χ1) is 14.8. The number of ether oxygens (including phenoxy) is 1. The van der Waals surface area contributed by atoms with Crippen molar-refractivity contribution < 1.29 is 4.74 Å². The second kappa shape index (κ2) is 8.42. The van der Waals surface area contributed by atoms with E-state index in [2.05, 4.69) is 31.2 Å². The number of fused-ring (bicyclic) bond motifs is 1. The quantitative estimate of drug-likeness (QED) is 0.625. The van der Waals surface area contributed by atoms with E-state index in [-0.39, 0.29) is 5.95 Å². The first-order valence-electron chi connectivity index (χ1n) is 10.3. The zero-order chi connectivity index (χ0) is 20.3. The summed E-state index contributed by atoms with van der Waals surface area (Å²) in [5, 5.41) is 3.39. The van der Waals surface area contributed by atoms with Crippen molar-refractivity contribution >= 4 is 22.8 Å². The summed E-state index contributed by atoms with van der Waals surface area (Å²) in [6, 6.07) is 2.12. The SMILES string of the molecule is Nc1ncc(-c2nc(N3CCOCC3)c3ncc(CN4CCNCC4)cc3n2)cn1. The van der Waals surface area contributed by atoms with Crippen LogP contribution in [0.25, 0.3) is 22.4 Å². The molecule has 30 heavy (non-hydrogen) atoms. The highest BCUT2D eigenvalue weighted by Crippen LogP contribution is 2.27. The van der Waals surface area contributed by atoms with Crippen molar-refractivity contribution in [2.75, 3.05) is 63.1 Å². The third kappa shape index (κ3) is 4.02. The van der Waals surface area contributed by atoms with E-state index < -0.39 is 0 Å². The van der Waals surface area contributed by atoms with Crippen LogP contribution in [0.4, 0.5) is 11.8 Å². The maximum atomic E-state index is 5.65. The number of nitrogens with two attached hydrogens (primary N) is 1. The Bertz CT molecular complexity index is 1010. The third-order valence-corrected chi connectivity index (χ3v) is 5.43. The topological polar surface area (TPSA) is 118 Å². The van der Waals surface area contributed by atoms with Gasteiger partial charge in [0.1, 0.15) is 5.52 Å². The van der Waals surface area contributed by atoms with Gasteiger partial charge in [-0.2, -0.15) is 0 Å². The number of rotatable bonds is 4. The van der Waals surface area contributed by atoms with Gasteiger partial charge in [-0.05, 0) is 11.6 Å². The second-order valence-electron chi connectivity index (χ2n) is 7.54. The molecular formula is C20H25N9O. The number of nitrogens with one attached hydrogen (secondary N) is 1. The molecule has 0 aliphatic carbocycles. The molecule has 5 rings (SSSR count). The molecule has 0 radical (unpaired) electrons. The van der Waals surface area contributed by atoms with E-state index in [1.165, 1.54) is 0 Å². The van der Waals surface area contributed by atoms with Crippen LogP contribution in [0.3, 0.4) is 0 Å². The van der Waals surface area contributed by atoms with Gasteiger partial charge in [0.2, 0.25) is 5.95 Å². The number of hydrogen-bond acceptors (Lipinski definition) is 10. The average Bonchev–Trinajstić information content (AvgIpc) is 2.80. The Balaban J connectivity index is 1.56. The minimum absolute atomic E-state index is 0.230. The summed E-state index contributed by atoms with van der Waals surface area (Å²) < 4.78 is 5.52. The van der Waals surface area contributed by atoms with Crippen molar-refractivity contribution in [2.24, 2.45) is 0 Å². The van der Waals surface area contributed by atoms with Gasteiger partial charge in [0.25, 0.3) is 0 Å². The van der Waals surface area contributed by atoms with Gasteiger partial charge in [-0.1, -0.05) is 0 Å². The van der Waals surface area contributed by atoms with Crippen LogP contribution in [0.1, 0.15) is 5.56 Å². The summed E-state index contributed by atoms with van der Waals surface area (Å²) in [6.45, 7) is 7.87. The largest absolute Gasteiger partial charge is 0.378 e. The van der Waals surface area contributed by atoms with Gasteiger partial charge in [0, 0.05) is 64.4 Å². The number of anilines is 2. The van der Waals surface area contributed by atoms with Crippen LogP contribution >= 0.6 is 0 Å². The Labute approximate surface area is 174 Å². The fraction of sp³-hybridized carbons (Fsp3) is 0.450. The number of piperazine rings is 1. The fourth-order valence-corrected chi connectivity index (χ4v) is 3.84. The Morgan fingerprint density at radius 1 is 0.967 bits per heavy atom. The maximum Gasteiger partial charge on any atom is 0.219 e. The average molecular weight is 407 g/mol. The van der Waals surface area contributed by atoms with Crippen molar-refractivity contribution in [3.8, 4) is 11.4 Å². The van der Waals surface area contributed by atoms with Gasteiger partial charge in [-0.3, -0.25) is 9.88 Å². The first kappa shape index (κ1) is 19.0. The van der Waals surface area contributed by atoms with Crippen molar-refractivity contribution in [1.29, 1.82) is 0 Å². The van der Waals surface area contributed by atoms with Crippen LogP contribution in [0, 0.1) is 0 Å². The summed E-state index contributed by atoms with van der Waals surface area (Å²) in [5.41, 5.74) is 9.16. The van der Waals surface area contributed by atoms with Crippen LogP contribution in [-0.2, 0) is 11.3 Å². The van der Waals surface area contributed by atoms with Crippen molar-refractivity contribution in [3.63, 3.8) is 0 Å². The molecule has 3 aromatic heterocycles. The molecule has 0 unspecified atom stereocenters. The number of nitrogen functional groups attached to an aromatic ring is 1. The molecule has 0 atom stereocenters. The van der Waals surface area contributed by atoms with Crippen LogP contribution in [0.15, 0.2) is 24.7 Å². The van der Waals surface area contributed by atoms with Gasteiger partial charge >= 0.3 is 0 Å². The van der Waals surface area contributed by atoms with E-state index in [1.807, 2.05) is 6.20 Å². The second-order valence-corrected chi connectivity index (χ2v) is 7.54. The third-order valence-electron chi connectivity index (χ3n) is 5.43. The molecular weight excluding hydrogens is 382 g/mol. The lowest BCUT2D eigenvalue weighted by molar-refractivity contribution is 0.122. The van der Waals surface area contributed by atoms with E-state index in [0.717, 1.165) is 73.8 Å². The van der Waals surface area contributed by atoms with E-state index in [4.69, 9.17) is 25.4 Å². The van der Waals surface area contributed by atoms with Gasteiger partial charge in [-0.15, -0.1) is 0 Å². The number of aromatic nitrogens is 5. The molecule has 3 N–H and O–H groups in total. The molecule has 0 spiro atoms.